The number of nitro groups is 1. The van der Waals surface area contributed by atoms with Gasteiger partial charge in [0.1, 0.15) is 0 Å². The highest BCUT2D eigenvalue weighted by Gasteiger charge is 2.07. The SMILES string of the molecule is CCCNCCS(=O)c1ccc([N+](=O)[O-])cc1. The number of nitrogens with one attached hydrogen (secondary N) is 1. The van der Waals surface area contributed by atoms with Crippen LogP contribution in [0.15, 0.2) is 29.2 Å². The molecular formula is C11H16N2O3S. The van der Waals surface area contributed by atoms with Crippen LogP contribution in [0.25, 0.3) is 0 Å². The molecule has 0 amide bonds. The quantitative estimate of drug-likeness (QED) is 0.458. The predicted molar refractivity (Wildman–Crippen MR) is 67.5 cm³/mol. The molecule has 0 aliphatic carbocycles. The van der Waals surface area contributed by atoms with Crippen LogP contribution in [0.5, 0.6) is 0 Å². The average molecular weight is 256 g/mol. The van der Waals surface area contributed by atoms with Crippen molar-refractivity contribution in [2.45, 2.75) is 18.2 Å². The molecule has 0 heterocycles. The third-order valence-electron chi connectivity index (χ3n) is 2.20. The van der Waals surface area contributed by atoms with Gasteiger partial charge in [0.25, 0.3) is 5.69 Å². The van der Waals surface area contributed by atoms with Gasteiger partial charge < -0.3 is 5.32 Å². The molecule has 0 saturated heterocycles. The number of nitrogens with zero attached hydrogens (tertiary/aromatic N) is 1. The maximum atomic E-state index is 11.8. The van der Waals surface area contributed by atoms with Crippen LogP contribution in [0.2, 0.25) is 0 Å². The molecule has 1 atom stereocenters. The molecule has 94 valence electrons. The van der Waals surface area contributed by atoms with Crippen LogP contribution < -0.4 is 5.32 Å². The summed E-state index contributed by atoms with van der Waals surface area (Å²) in [6, 6.07) is 5.86. The topological polar surface area (TPSA) is 72.2 Å². The van der Waals surface area contributed by atoms with Crippen LogP contribution in [0.4, 0.5) is 5.69 Å². The molecule has 0 aliphatic heterocycles. The first-order valence-corrected chi connectivity index (χ1v) is 6.80. The van der Waals surface area contributed by atoms with E-state index in [2.05, 4.69) is 12.2 Å². The molecule has 0 aromatic heterocycles. The largest absolute Gasteiger partial charge is 0.316 e. The van der Waals surface area contributed by atoms with E-state index in [9.17, 15) is 14.3 Å². The average Bonchev–Trinajstić information content (AvgIpc) is 2.34. The van der Waals surface area contributed by atoms with Crippen LogP contribution in [0, 0.1) is 10.1 Å². The molecule has 0 bridgehead atoms. The summed E-state index contributed by atoms with van der Waals surface area (Å²) in [5.41, 5.74) is 0.0230. The normalized spacial score (nSPS) is 12.3. The Morgan fingerprint density at radius 2 is 1.94 bits per heavy atom. The lowest BCUT2D eigenvalue weighted by atomic mass is 10.3. The number of hydrogen-bond acceptors (Lipinski definition) is 4. The second kappa shape index (κ2) is 7.13. The maximum absolute atomic E-state index is 11.8. The highest BCUT2D eigenvalue weighted by atomic mass is 32.2. The van der Waals surface area contributed by atoms with E-state index in [-0.39, 0.29) is 5.69 Å². The van der Waals surface area contributed by atoms with E-state index in [1.165, 1.54) is 12.1 Å². The first-order valence-electron chi connectivity index (χ1n) is 5.48. The van der Waals surface area contributed by atoms with Crippen LogP contribution in [-0.4, -0.2) is 28.0 Å². The molecule has 0 saturated carbocycles. The molecule has 0 aliphatic rings. The summed E-state index contributed by atoms with van der Waals surface area (Å²) in [5, 5.41) is 13.6. The number of hydrogen-bond donors (Lipinski definition) is 1. The minimum Gasteiger partial charge on any atom is -0.316 e. The first-order chi connectivity index (χ1) is 8.15. The van der Waals surface area contributed by atoms with Crippen molar-refractivity contribution >= 4 is 16.5 Å². The molecule has 0 radical (unpaired) electrons. The zero-order valence-corrected chi connectivity index (χ0v) is 10.5. The van der Waals surface area contributed by atoms with E-state index >= 15 is 0 Å². The van der Waals surface area contributed by atoms with E-state index in [4.69, 9.17) is 0 Å². The highest BCUT2D eigenvalue weighted by Crippen LogP contribution is 2.14. The van der Waals surface area contributed by atoms with E-state index in [0.717, 1.165) is 13.0 Å². The predicted octanol–water partition coefficient (Wildman–Crippen LogP) is 1.70. The molecule has 6 heteroatoms. The summed E-state index contributed by atoms with van der Waals surface area (Å²) in [4.78, 5) is 10.6. The zero-order chi connectivity index (χ0) is 12.7. The standard InChI is InChI=1S/C11H16N2O3S/c1-2-7-12-8-9-17(16)11-5-3-10(4-6-11)13(14)15/h3-6,12H,2,7-9H2,1H3. The third-order valence-corrected chi connectivity index (χ3v) is 3.57. The lowest BCUT2D eigenvalue weighted by Crippen LogP contribution is -2.21. The van der Waals surface area contributed by atoms with Gasteiger partial charge in [-0.1, -0.05) is 6.92 Å². The van der Waals surface area contributed by atoms with Gasteiger partial charge in [-0.3, -0.25) is 14.3 Å². The van der Waals surface area contributed by atoms with Crippen molar-refractivity contribution in [1.29, 1.82) is 0 Å². The fraction of sp³-hybridized carbons (Fsp3) is 0.455. The Balaban J connectivity index is 2.49. The van der Waals surface area contributed by atoms with Gasteiger partial charge in [-0.25, -0.2) is 0 Å². The van der Waals surface area contributed by atoms with Crippen molar-refractivity contribution in [3.05, 3.63) is 34.4 Å². The van der Waals surface area contributed by atoms with Gasteiger partial charge in [0.2, 0.25) is 0 Å². The Morgan fingerprint density at radius 1 is 1.29 bits per heavy atom. The van der Waals surface area contributed by atoms with Crippen molar-refractivity contribution in [3.63, 3.8) is 0 Å². The van der Waals surface area contributed by atoms with E-state index in [1.807, 2.05) is 0 Å². The monoisotopic (exact) mass is 256 g/mol. The van der Waals surface area contributed by atoms with Crippen molar-refractivity contribution in [2.24, 2.45) is 0 Å². The molecule has 1 rings (SSSR count). The lowest BCUT2D eigenvalue weighted by Gasteiger charge is -2.03. The molecular weight excluding hydrogens is 240 g/mol. The summed E-state index contributed by atoms with van der Waals surface area (Å²) in [6.07, 6.45) is 1.05. The Labute approximate surface area is 103 Å². The van der Waals surface area contributed by atoms with Gasteiger partial charge in [-0.05, 0) is 25.1 Å². The molecule has 0 spiro atoms. The summed E-state index contributed by atoms with van der Waals surface area (Å²) < 4.78 is 11.8. The van der Waals surface area contributed by atoms with Crippen LogP contribution >= 0.6 is 0 Å². The summed E-state index contributed by atoms with van der Waals surface area (Å²) in [5.74, 6) is 0.526. The molecule has 1 aromatic rings. The van der Waals surface area contributed by atoms with Crippen molar-refractivity contribution in [1.82, 2.24) is 5.32 Å². The Kier molecular flexibility index (Phi) is 5.79. The second-order valence-electron chi connectivity index (χ2n) is 3.55. The van der Waals surface area contributed by atoms with Gasteiger partial charge in [0.05, 0.1) is 15.7 Å². The summed E-state index contributed by atoms with van der Waals surface area (Å²) >= 11 is 0. The second-order valence-corrected chi connectivity index (χ2v) is 5.12. The van der Waals surface area contributed by atoms with E-state index in [1.54, 1.807) is 12.1 Å². The van der Waals surface area contributed by atoms with Gasteiger partial charge >= 0.3 is 0 Å². The molecule has 1 N–H and O–H groups in total. The van der Waals surface area contributed by atoms with Crippen molar-refractivity contribution in [2.75, 3.05) is 18.8 Å². The lowest BCUT2D eigenvalue weighted by molar-refractivity contribution is -0.384. The minimum atomic E-state index is -1.09. The number of rotatable bonds is 7. The third kappa shape index (κ3) is 4.62. The number of benzene rings is 1. The number of nitro benzene ring substituents is 1. The van der Waals surface area contributed by atoms with Gasteiger partial charge in [0.15, 0.2) is 0 Å². The van der Waals surface area contributed by atoms with Gasteiger partial charge in [-0.2, -0.15) is 0 Å². The Morgan fingerprint density at radius 3 is 2.47 bits per heavy atom. The van der Waals surface area contributed by atoms with Crippen LogP contribution in [0.3, 0.4) is 0 Å². The summed E-state index contributed by atoms with van der Waals surface area (Å²) in [6.45, 7) is 3.68. The molecule has 0 fully saturated rings. The highest BCUT2D eigenvalue weighted by molar-refractivity contribution is 7.85. The fourth-order valence-corrected chi connectivity index (χ4v) is 2.31. The minimum absolute atomic E-state index is 0.0230. The first kappa shape index (κ1) is 13.8. The van der Waals surface area contributed by atoms with E-state index in [0.29, 0.717) is 17.2 Å². The zero-order valence-electron chi connectivity index (χ0n) is 9.72. The molecule has 5 nitrogen and oxygen atoms in total. The van der Waals surface area contributed by atoms with E-state index < -0.39 is 15.7 Å². The molecule has 1 unspecified atom stereocenters. The van der Waals surface area contributed by atoms with Crippen LogP contribution in [0.1, 0.15) is 13.3 Å². The summed E-state index contributed by atoms with van der Waals surface area (Å²) in [7, 11) is -1.09. The van der Waals surface area contributed by atoms with Crippen molar-refractivity contribution in [3.8, 4) is 0 Å². The van der Waals surface area contributed by atoms with Gasteiger partial charge in [0, 0.05) is 29.3 Å². The Hall–Kier alpha value is -1.27. The maximum Gasteiger partial charge on any atom is 0.269 e. The van der Waals surface area contributed by atoms with Crippen molar-refractivity contribution < 1.29 is 9.13 Å². The number of non-ortho nitro benzene ring substituents is 1. The Bertz CT molecular complexity index is 392. The van der Waals surface area contributed by atoms with Crippen LogP contribution in [-0.2, 0) is 10.8 Å². The molecule has 17 heavy (non-hydrogen) atoms. The molecule has 1 aromatic carbocycles. The smallest absolute Gasteiger partial charge is 0.269 e. The fourth-order valence-electron chi connectivity index (χ4n) is 1.30. The van der Waals surface area contributed by atoms with Gasteiger partial charge in [-0.15, -0.1) is 0 Å².